The van der Waals surface area contributed by atoms with E-state index in [9.17, 15) is 5.11 Å². The molecule has 0 aliphatic carbocycles. The summed E-state index contributed by atoms with van der Waals surface area (Å²) in [5, 5.41) is 10.8. The molecule has 108 valence electrons. The highest BCUT2D eigenvalue weighted by Crippen LogP contribution is 2.30. The van der Waals surface area contributed by atoms with Crippen LogP contribution in [0.15, 0.2) is 48.7 Å². The van der Waals surface area contributed by atoms with Crippen LogP contribution in [0, 0.1) is 0 Å². The molecule has 0 amide bonds. The van der Waals surface area contributed by atoms with Crippen molar-refractivity contribution < 1.29 is 9.84 Å². The molecule has 0 aliphatic rings. The van der Waals surface area contributed by atoms with Crippen LogP contribution in [0.5, 0.6) is 11.5 Å². The third-order valence-electron chi connectivity index (χ3n) is 3.61. The topological polar surface area (TPSA) is 60.4 Å². The summed E-state index contributed by atoms with van der Waals surface area (Å²) in [6, 6.07) is 12.9. The van der Waals surface area contributed by atoms with Crippen molar-refractivity contribution in [1.29, 1.82) is 0 Å². The molecule has 1 aromatic heterocycles. The molecule has 1 heterocycles. The summed E-state index contributed by atoms with van der Waals surface area (Å²) in [6.45, 7) is 3.34. The molecule has 3 aromatic rings. The molecule has 0 saturated carbocycles. The summed E-state index contributed by atoms with van der Waals surface area (Å²) in [5.41, 5.74) is 8.98. The predicted octanol–water partition coefficient (Wildman–Crippen LogP) is 3.53. The lowest BCUT2D eigenvalue weighted by Crippen LogP contribution is -1.96. The van der Waals surface area contributed by atoms with Gasteiger partial charge in [0.25, 0.3) is 0 Å². The summed E-state index contributed by atoms with van der Waals surface area (Å²) < 4.78 is 7.87. The van der Waals surface area contributed by atoms with E-state index in [1.165, 1.54) is 0 Å². The first kappa shape index (κ1) is 13.4. The van der Waals surface area contributed by atoms with Crippen molar-refractivity contribution in [2.24, 2.45) is 0 Å². The fraction of sp³-hybridized carbons (Fsp3) is 0.176. The zero-order valence-electron chi connectivity index (χ0n) is 11.9. The van der Waals surface area contributed by atoms with E-state index in [2.05, 4.69) is 23.8 Å². The zero-order chi connectivity index (χ0) is 14.8. The lowest BCUT2D eigenvalue weighted by molar-refractivity contribution is 0.290. The Morgan fingerprint density at radius 3 is 2.71 bits per heavy atom. The minimum atomic E-state index is 0.143. The van der Waals surface area contributed by atoms with E-state index in [1.807, 2.05) is 18.2 Å². The van der Waals surface area contributed by atoms with Crippen molar-refractivity contribution in [2.75, 3.05) is 5.73 Å². The van der Waals surface area contributed by atoms with Crippen molar-refractivity contribution in [3.8, 4) is 11.5 Å². The average Bonchev–Trinajstić information content (AvgIpc) is 2.86. The molecular weight excluding hydrogens is 264 g/mol. The fourth-order valence-corrected chi connectivity index (χ4v) is 2.57. The summed E-state index contributed by atoms with van der Waals surface area (Å²) in [6.07, 6.45) is 2.06. The Morgan fingerprint density at radius 2 is 1.95 bits per heavy atom. The fourth-order valence-electron chi connectivity index (χ4n) is 2.57. The second-order valence-electron chi connectivity index (χ2n) is 4.94. The Balaban J connectivity index is 1.96. The van der Waals surface area contributed by atoms with E-state index in [0.717, 1.165) is 28.7 Å². The second-order valence-corrected chi connectivity index (χ2v) is 4.94. The summed E-state index contributed by atoms with van der Waals surface area (Å²) in [7, 11) is 0. The highest BCUT2D eigenvalue weighted by molar-refractivity contribution is 5.94. The largest absolute Gasteiger partial charge is 0.504 e. The van der Waals surface area contributed by atoms with Crippen LogP contribution in [0.2, 0.25) is 0 Å². The van der Waals surface area contributed by atoms with Gasteiger partial charge in [0.1, 0.15) is 6.61 Å². The predicted molar refractivity (Wildman–Crippen MR) is 84.5 cm³/mol. The Bertz CT molecular complexity index is 778. The molecule has 0 atom stereocenters. The van der Waals surface area contributed by atoms with E-state index in [4.69, 9.17) is 10.5 Å². The quantitative estimate of drug-likeness (QED) is 0.720. The van der Waals surface area contributed by atoms with E-state index >= 15 is 0 Å². The molecule has 2 aromatic carbocycles. The molecule has 3 rings (SSSR count). The molecule has 0 aliphatic heterocycles. The molecular formula is C17H18N2O2. The maximum atomic E-state index is 9.75. The van der Waals surface area contributed by atoms with Crippen molar-refractivity contribution in [3.05, 3.63) is 54.2 Å². The molecule has 21 heavy (non-hydrogen) atoms. The first-order valence-electron chi connectivity index (χ1n) is 6.97. The van der Waals surface area contributed by atoms with Gasteiger partial charge in [-0.25, -0.2) is 0 Å². The Kier molecular flexibility index (Phi) is 3.44. The zero-order valence-corrected chi connectivity index (χ0v) is 11.9. The molecule has 0 spiro atoms. The van der Waals surface area contributed by atoms with Crippen LogP contribution in [0.1, 0.15) is 12.5 Å². The van der Waals surface area contributed by atoms with Crippen LogP contribution in [0.25, 0.3) is 10.9 Å². The number of nitrogen functional groups attached to an aromatic ring is 1. The van der Waals surface area contributed by atoms with Gasteiger partial charge in [-0.2, -0.15) is 0 Å². The molecule has 0 fully saturated rings. The Labute approximate surface area is 123 Å². The van der Waals surface area contributed by atoms with Gasteiger partial charge in [-0.1, -0.05) is 18.2 Å². The van der Waals surface area contributed by atoms with Crippen LogP contribution < -0.4 is 10.5 Å². The Hall–Kier alpha value is -2.62. The van der Waals surface area contributed by atoms with Gasteiger partial charge in [-0.3, -0.25) is 0 Å². The normalized spacial score (nSPS) is 10.9. The third kappa shape index (κ3) is 2.40. The lowest BCUT2D eigenvalue weighted by Gasteiger charge is -2.07. The minimum Gasteiger partial charge on any atom is -0.504 e. The number of phenols is 1. The number of hydrogen-bond acceptors (Lipinski definition) is 3. The SMILES string of the molecule is CCn1cc(COc2ccccc2O)c2c(N)cccc21. The van der Waals surface area contributed by atoms with E-state index in [0.29, 0.717) is 12.4 Å². The molecule has 3 N–H and O–H groups in total. The average molecular weight is 282 g/mol. The van der Waals surface area contributed by atoms with Gasteiger partial charge < -0.3 is 20.1 Å². The highest BCUT2D eigenvalue weighted by atomic mass is 16.5. The van der Waals surface area contributed by atoms with Crippen molar-refractivity contribution in [3.63, 3.8) is 0 Å². The number of rotatable bonds is 4. The number of aryl methyl sites for hydroxylation is 1. The molecule has 0 saturated heterocycles. The van der Waals surface area contributed by atoms with Gasteiger partial charge in [-0.05, 0) is 31.2 Å². The van der Waals surface area contributed by atoms with Crippen LogP contribution in [-0.2, 0) is 13.2 Å². The summed E-state index contributed by atoms with van der Waals surface area (Å²) in [5.74, 6) is 0.620. The van der Waals surface area contributed by atoms with Crippen LogP contribution in [0.4, 0.5) is 5.69 Å². The first-order chi connectivity index (χ1) is 10.2. The van der Waals surface area contributed by atoms with E-state index in [-0.39, 0.29) is 5.75 Å². The number of ether oxygens (including phenoxy) is 1. The number of anilines is 1. The third-order valence-corrected chi connectivity index (χ3v) is 3.61. The van der Waals surface area contributed by atoms with Crippen LogP contribution >= 0.6 is 0 Å². The Morgan fingerprint density at radius 1 is 1.14 bits per heavy atom. The van der Waals surface area contributed by atoms with Gasteiger partial charge in [0.05, 0.1) is 5.52 Å². The van der Waals surface area contributed by atoms with Crippen molar-refractivity contribution in [1.82, 2.24) is 4.57 Å². The number of nitrogens with zero attached hydrogens (tertiary/aromatic N) is 1. The van der Waals surface area contributed by atoms with Gasteiger partial charge in [-0.15, -0.1) is 0 Å². The van der Waals surface area contributed by atoms with Crippen molar-refractivity contribution >= 4 is 16.6 Å². The van der Waals surface area contributed by atoms with Gasteiger partial charge >= 0.3 is 0 Å². The minimum absolute atomic E-state index is 0.143. The second kappa shape index (κ2) is 5.40. The highest BCUT2D eigenvalue weighted by Gasteiger charge is 2.11. The van der Waals surface area contributed by atoms with E-state index < -0.39 is 0 Å². The number of phenolic OH excluding ortho intramolecular Hbond substituents is 1. The van der Waals surface area contributed by atoms with Gasteiger partial charge in [0, 0.05) is 29.4 Å². The van der Waals surface area contributed by atoms with E-state index in [1.54, 1.807) is 18.2 Å². The number of hydrogen-bond donors (Lipinski definition) is 2. The molecule has 4 nitrogen and oxygen atoms in total. The van der Waals surface area contributed by atoms with Crippen LogP contribution in [-0.4, -0.2) is 9.67 Å². The molecule has 0 unspecified atom stereocenters. The maximum Gasteiger partial charge on any atom is 0.161 e. The van der Waals surface area contributed by atoms with Gasteiger partial charge in [0.15, 0.2) is 11.5 Å². The number of benzene rings is 2. The molecule has 0 radical (unpaired) electrons. The summed E-state index contributed by atoms with van der Waals surface area (Å²) in [4.78, 5) is 0. The number of aromatic nitrogens is 1. The number of fused-ring (bicyclic) bond motifs is 1. The maximum absolute atomic E-state index is 9.75. The molecule has 4 heteroatoms. The standard InChI is InChI=1S/C17H18N2O2/c1-2-19-10-12(17-13(18)6-5-7-14(17)19)11-21-16-9-4-3-8-15(16)20/h3-10,20H,2,11,18H2,1H3. The number of para-hydroxylation sites is 2. The number of aromatic hydroxyl groups is 1. The van der Waals surface area contributed by atoms with Crippen molar-refractivity contribution in [2.45, 2.75) is 20.1 Å². The summed E-state index contributed by atoms with van der Waals surface area (Å²) >= 11 is 0. The number of nitrogens with two attached hydrogens (primary N) is 1. The molecule has 0 bridgehead atoms. The monoisotopic (exact) mass is 282 g/mol. The smallest absolute Gasteiger partial charge is 0.161 e. The first-order valence-corrected chi connectivity index (χ1v) is 6.97. The van der Waals surface area contributed by atoms with Crippen LogP contribution in [0.3, 0.4) is 0 Å². The van der Waals surface area contributed by atoms with Gasteiger partial charge in [0.2, 0.25) is 0 Å². The lowest BCUT2D eigenvalue weighted by atomic mass is 10.1.